The molecule has 0 aliphatic rings. The monoisotopic (exact) mass is 878 g/mol. The first-order valence-corrected chi connectivity index (χ1v) is 19.6. The lowest BCUT2D eigenvalue weighted by Gasteiger charge is -2.15. The van der Waals surface area contributed by atoms with Gasteiger partial charge in [0.25, 0.3) is 10.1 Å². The first-order valence-electron chi connectivity index (χ1n) is 18.1. The van der Waals surface area contributed by atoms with Crippen molar-refractivity contribution in [1.29, 1.82) is 0 Å². The summed E-state index contributed by atoms with van der Waals surface area (Å²) in [6.45, 7) is 0. The van der Waals surface area contributed by atoms with Crippen LogP contribution in [0.25, 0.3) is 12.2 Å². The molecule has 0 bridgehead atoms. The van der Waals surface area contributed by atoms with Crippen LogP contribution in [-0.2, 0) is 29.3 Å². The second-order valence-corrected chi connectivity index (χ2v) is 14.3. The lowest BCUT2D eigenvalue weighted by Crippen LogP contribution is -2.37. The third-order valence-electron chi connectivity index (χ3n) is 8.25. The number of para-hydroxylation sites is 2. The normalized spacial score (nSPS) is 11.7. The van der Waals surface area contributed by atoms with E-state index in [1.54, 1.807) is 91.0 Å². The minimum atomic E-state index is -4.83. The maximum Gasteiger partial charge on any atom is 0.338 e. The van der Waals surface area contributed by atoms with E-state index in [9.17, 15) is 52.6 Å². The predicted octanol–water partition coefficient (Wildman–Crippen LogP) is 4.74. The molecule has 2 aromatic heterocycles. The lowest BCUT2D eigenvalue weighted by molar-refractivity contribution is -0.148. The van der Waals surface area contributed by atoms with E-state index in [2.05, 4.69) is 61.8 Å². The second kappa shape index (κ2) is 19.5. The standard InChI is InChI=1S/C39H34N12O11S/c52-29(53)20-27(31(54)55)44-38-48-34(40-23-7-3-1-4-8-23)47-37(49-38)43-26-18-15-22(28(19-26)63(60,61)62)14-11-21-12-16-25(17-13-21)42-36-46-35(41-24-9-5-2-6-10-24)50-39(51-36)45-30(32(56)57)33(58)59/h1-19,27,30H,20H2,(H,52,53)(H,54,55)(H,56,57)(H,58,59)(H,60,61,62)(H3,40,43,44,47,48,49)(H3,41,42,45,46,50,51)/b14-11+. The Labute approximate surface area is 355 Å². The third-order valence-corrected chi connectivity index (χ3v) is 9.16. The van der Waals surface area contributed by atoms with Gasteiger partial charge in [-0.05, 0) is 59.7 Å². The number of carboxylic acid groups (broad SMARTS) is 4. The molecule has 322 valence electrons. The maximum absolute atomic E-state index is 12.6. The van der Waals surface area contributed by atoms with Gasteiger partial charge >= 0.3 is 23.9 Å². The molecule has 6 aromatic rings. The Kier molecular flexibility index (Phi) is 13.6. The van der Waals surface area contributed by atoms with Gasteiger partial charge < -0.3 is 52.3 Å². The molecule has 0 amide bonds. The van der Waals surface area contributed by atoms with Crippen LogP contribution in [0.4, 0.5) is 58.4 Å². The fourth-order valence-electron chi connectivity index (χ4n) is 5.39. The van der Waals surface area contributed by atoms with E-state index in [4.69, 9.17) is 0 Å². The highest BCUT2D eigenvalue weighted by molar-refractivity contribution is 7.86. The Morgan fingerprint density at radius 3 is 1.40 bits per heavy atom. The van der Waals surface area contributed by atoms with Gasteiger partial charge in [0, 0.05) is 22.7 Å². The number of benzene rings is 4. The number of rotatable bonds is 20. The van der Waals surface area contributed by atoms with Gasteiger partial charge in [-0.1, -0.05) is 66.7 Å². The van der Waals surface area contributed by atoms with E-state index >= 15 is 0 Å². The first kappa shape index (κ1) is 43.8. The highest BCUT2D eigenvalue weighted by Gasteiger charge is 2.27. The summed E-state index contributed by atoms with van der Waals surface area (Å²) in [5.41, 5.74) is 2.30. The highest BCUT2D eigenvalue weighted by Crippen LogP contribution is 2.27. The minimum Gasteiger partial charge on any atom is -0.481 e. The van der Waals surface area contributed by atoms with Gasteiger partial charge in [-0.2, -0.15) is 38.3 Å². The number of aliphatic carboxylic acids is 4. The van der Waals surface area contributed by atoms with Crippen molar-refractivity contribution in [2.24, 2.45) is 0 Å². The maximum atomic E-state index is 12.6. The molecule has 63 heavy (non-hydrogen) atoms. The molecule has 4 aromatic carbocycles. The molecule has 0 aliphatic heterocycles. The Morgan fingerprint density at radius 2 is 0.952 bits per heavy atom. The lowest BCUT2D eigenvalue weighted by atomic mass is 10.1. The van der Waals surface area contributed by atoms with E-state index in [1.807, 2.05) is 0 Å². The van der Waals surface area contributed by atoms with Crippen LogP contribution in [0.3, 0.4) is 0 Å². The highest BCUT2D eigenvalue weighted by atomic mass is 32.2. The van der Waals surface area contributed by atoms with Crippen LogP contribution in [-0.4, -0.2) is 99.3 Å². The van der Waals surface area contributed by atoms with E-state index in [-0.39, 0.29) is 46.9 Å². The van der Waals surface area contributed by atoms with Crippen LogP contribution in [0.15, 0.2) is 108 Å². The molecule has 0 spiro atoms. The summed E-state index contributed by atoms with van der Waals surface area (Å²) in [7, 11) is -4.83. The summed E-state index contributed by atoms with van der Waals surface area (Å²) < 4.78 is 35.4. The molecule has 1 atom stereocenters. The summed E-state index contributed by atoms with van der Waals surface area (Å²) in [4.78, 5) is 70.7. The van der Waals surface area contributed by atoms with Crippen molar-refractivity contribution in [2.45, 2.75) is 23.4 Å². The molecule has 23 nitrogen and oxygen atoms in total. The molecule has 0 saturated heterocycles. The van der Waals surface area contributed by atoms with Crippen LogP contribution in [0.1, 0.15) is 17.5 Å². The van der Waals surface area contributed by atoms with Gasteiger partial charge in [-0.3, -0.25) is 9.35 Å². The van der Waals surface area contributed by atoms with Crippen molar-refractivity contribution in [3.05, 3.63) is 114 Å². The van der Waals surface area contributed by atoms with Crippen LogP contribution < -0.4 is 31.9 Å². The Bertz CT molecular complexity index is 2770. The van der Waals surface area contributed by atoms with Crippen LogP contribution >= 0.6 is 0 Å². The van der Waals surface area contributed by atoms with Gasteiger partial charge in [0.2, 0.25) is 41.7 Å². The van der Waals surface area contributed by atoms with E-state index < -0.39 is 57.4 Å². The predicted molar refractivity (Wildman–Crippen MR) is 227 cm³/mol. The molecule has 0 aliphatic carbocycles. The largest absolute Gasteiger partial charge is 0.481 e. The average molecular weight is 879 g/mol. The van der Waals surface area contributed by atoms with Crippen molar-refractivity contribution in [1.82, 2.24) is 29.9 Å². The van der Waals surface area contributed by atoms with E-state index in [0.29, 0.717) is 22.6 Å². The summed E-state index contributed by atoms with van der Waals surface area (Å²) >= 11 is 0. The molecule has 0 fully saturated rings. The van der Waals surface area contributed by atoms with Crippen molar-refractivity contribution < 1.29 is 52.6 Å². The van der Waals surface area contributed by atoms with Crippen LogP contribution in [0.5, 0.6) is 0 Å². The Balaban J connectivity index is 1.22. The average Bonchev–Trinajstić information content (AvgIpc) is 3.22. The molecular weight excluding hydrogens is 845 g/mol. The summed E-state index contributed by atoms with van der Waals surface area (Å²) in [5, 5.41) is 53.8. The van der Waals surface area contributed by atoms with Gasteiger partial charge in [0.05, 0.1) is 6.42 Å². The number of nitrogens with one attached hydrogen (secondary N) is 6. The zero-order chi connectivity index (χ0) is 45.1. The number of aromatic nitrogens is 6. The fourth-order valence-corrected chi connectivity index (χ4v) is 6.10. The van der Waals surface area contributed by atoms with Gasteiger partial charge in [-0.25, -0.2) is 14.4 Å². The van der Waals surface area contributed by atoms with Crippen molar-refractivity contribution in [2.75, 3.05) is 31.9 Å². The number of nitrogens with zero attached hydrogens (tertiary/aromatic N) is 6. The SMILES string of the molecule is O=C(O)CC(Nc1nc(Nc2ccccc2)nc(Nc2ccc(/C=C/c3ccc(Nc4nc(Nc5ccccc5)nc(NC(C(=O)O)C(=O)O)n4)cc3)c(S(=O)(=O)O)c2)n1)C(=O)O. The molecule has 24 heteroatoms. The number of hydrogen-bond donors (Lipinski definition) is 11. The van der Waals surface area contributed by atoms with Crippen LogP contribution in [0.2, 0.25) is 0 Å². The fraction of sp³-hybridized carbons (Fsp3) is 0.0769. The van der Waals surface area contributed by atoms with E-state index in [0.717, 1.165) is 6.07 Å². The van der Waals surface area contributed by atoms with Crippen molar-refractivity contribution in [3.8, 4) is 0 Å². The van der Waals surface area contributed by atoms with Gasteiger partial charge in [0.15, 0.2) is 0 Å². The quantitative estimate of drug-likeness (QED) is 0.0280. The second-order valence-electron chi connectivity index (χ2n) is 12.9. The van der Waals surface area contributed by atoms with Crippen molar-refractivity contribution >= 4 is 105 Å². The summed E-state index contributed by atoms with van der Waals surface area (Å²) in [5.74, 6) is -7.28. The summed E-state index contributed by atoms with van der Waals surface area (Å²) in [6.07, 6.45) is 2.19. The van der Waals surface area contributed by atoms with E-state index in [1.165, 1.54) is 18.2 Å². The molecule has 0 radical (unpaired) electrons. The van der Waals surface area contributed by atoms with Gasteiger partial charge in [-0.15, -0.1) is 0 Å². The zero-order valence-corrected chi connectivity index (χ0v) is 32.9. The molecular formula is C39H34N12O11S. The third kappa shape index (κ3) is 12.6. The molecule has 11 N–H and O–H groups in total. The minimum absolute atomic E-state index is 0.0344. The molecule has 0 saturated carbocycles. The van der Waals surface area contributed by atoms with Crippen molar-refractivity contribution in [3.63, 3.8) is 0 Å². The number of carbonyl (C=O) groups is 4. The molecule has 2 heterocycles. The van der Waals surface area contributed by atoms with Crippen LogP contribution in [0, 0.1) is 0 Å². The molecule has 6 rings (SSSR count). The number of carboxylic acids is 4. The Hall–Kier alpha value is -8.77. The zero-order valence-electron chi connectivity index (χ0n) is 32.1. The number of hydrogen-bond acceptors (Lipinski definition) is 18. The topological polar surface area (TPSA) is 353 Å². The van der Waals surface area contributed by atoms with Gasteiger partial charge in [0.1, 0.15) is 10.9 Å². The summed E-state index contributed by atoms with van der Waals surface area (Å²) in [6, 6.07) is 24.2. The number of anilines is 10. The first-order chi connectivity index (χ1) is 30.1. The smallest absolute Gasteiger partial charge is 0.338 e. The Morgan fingerprint density at radius 1 is 0.524 bits per heavy atom. The molecule has 1 unspecified atom stereocenters.